The summed E-state index contributed by atoms with van der Waals surface area (Å²) >= 11 is 1.63. The molecule has 0 saturated carbocycles. The minimum Gasteiger partial charge on any atom is -0.468 e. The lowest BCUT2D eigenvalue weighted by Gasteiger charge is -2.23. The number of hydrogen-bond acceptors (Lipinski definition) is 4. The zero-order valence-corrected chi connectivity index (χ0v) is 13.3. The van der Waals surface area contributed by atoms with Crippen LogP contribution >= 0.6 is 11.3 Å². The van der Waals surface area contributed by atoms with Crippen LogP contribution in [-0.4, -0.2) is 31.6 Å². The minimum atomic E-state index is -0.172. The Kier molecular flexibility index (Phi) is 5.41. The average Bonchev–Trinajstić information content (AvgIpc) is 3.12. The van der Waals surface area contributed by atoms with Gasteiger partial charge in [0.05, 0.1) is 18.3 Å². The Bertz CT molecular complexity index is 537. The van der Waals surface area contributed by atoms with Crippen LogP contribution in [0, 0.1) is 0 Å². The Balaban J connectivity index is 1.85. The molecule has 2 N–H and O–H groups in total. The number of rotatable bonds is 6. The van der Waals surface area contributed by atoms with E-state index >= 15 is 0 Å². The van der Waals surface area contributed by atoms with Gasteiger partial charge in [0.15, 0.2) is 0 Å². The molecule has 0 bridgehead atoms. The molecule has 0 aliphatic carbocycles. The summed E-state index contributed by atoms with van der Waals surface area (Å²) in [5.41, 5.74) is 0. The van der Waals surface area contributed by atoms with Crippen molar-refractivity contribution < 1.29 is 9.21 Å². The van der Waals surface area contributed by atoms with E-state index in [2.05, 4.69) is 10.6 Å². The third-order valence-corrected chi connectivity index (χ3v) is 4.32. The summed E-state index contributed by atoms with van der Waals surface area (Å²) in [6.07, 6.45) is 1.64. The summed E-state index contributed by atoms with van der Waals surface area (Å²) in [6, 6.07) is 7.61. The highest BCUT2D eigenvalue weighted by Crippen LogP contribution is 2.19. The summed E-state index contributed by atoms with van der Waals surface area (Å²) in [6.45, 7) is 2.46. The summed E-state index contributed by atoms with van der Waals surface area (Å²) < 4.78 is 5.42. The number of amides is 2. The van der Waals surface area contributed by atoms with Gasteiger partial charge in [0.2, 0.25) is 0 Å². The van der Waals surface area contributed by atoms with Crippen molar-refractivity contribution in [1.29, 1.82) is 0 Å². The smallest absolute Gasteiger partial charge is 0.315 e. The molecule has 2 rings (SSSR count). The molecule has 2 aromatic rings. The van der Waals surface area contributed by atoms with Gasteiger partial charge in [0.1, 0.15) is 5.76 Å². The monoisotopic (exact) mass is 307 g/mol. The lowest BCUT2D eigenvalue weighted by Crippen LogP contribution is -2.41. The van der Waals surface area contributed by atoms with Crippen molar-refractivity contribution >= 4 is 17.4 Å². The highest BCUT2D eigenvalue weighted by molar-refractivity contribution is 7.10. The zero-order chi connectivity index (χ0) is 15.2. The highest BCUT2D eigenvalue weighted by atomic mass is 32.1. The molecule has 2 unspecified atom stereocenters. The number of thiophene rings is 1. The maximum absolute atomic E-state index is 12.0. The fourth-order valence-electron chi connectivity index (χ4n) is 2.06. The standard InChI is InChI=1S/C15H21N3O2S/c1-11(14-7-5-9-21-14)17-15(19)16-10-12(18(2)3)13-6-4-8-20-13/h4-9,11-12H,10H2,1-3H3,(H2,16,17,19). The third kappa shape index (κ3) is 4.34. The van der Waals surface area contributed by atoms with E-state index in [9.17, 15) is 4.79 Å². The SMILES string of the molecule is CC(NC(=O)NCC(c1ccco1)N(C)C)c1cccs1. The molecular weight excluding hydrogens is 286 g/mol. The van der Waals surface area contributed by atoms with Gasteiger partial charge in [-0.2, -0.15) is 0 Å². The fourth-order valence-corrected chi connectivity index (χ4v) is 2.80. The molecule has 2 amide bonds. The van der Waals surface area contributed by atoms with Crippen LogP contribution in [0.25, 0.3) is 0 Å². The van der Waals surface area contributed by atoms with Gasteiger partial charge in [-0.3, -0.25) is 4.90 Å². The Labute approximate surface area is 128 Å². The number of carbonyl (C=O) groups excluding carboxylic acids is 1. The van der Waals surface area contributed by atoms with Crippen molar-refractivity contribution in [2.24, 2.45) is 0 Å². The first-order valence-corrected chi connectivity index (χ1v) is 7.73. The predicted octanol–water partition coefficient (Wildman–Crippen LogP) is 3.00. The van der Waals surface area contributed by atoms with Crippen molar-refractivity contribution in [1.82, 2.24) is 15.5 Å². The first-order valence-electron chi connectivity index (χ1n) is 6.85. The van der Waals surface area contributed by atoms with Crippen molar-refractivity contribution in [3.8, 4) is 0 Å². The molecule has 114 valence electrons. The highest BCUT2D eigenvalue weighted by Gasteiger charge is 2.18. The van der Waals surface area contributed by atoms with E-state index in [4.69, 9.17) is 4.42 Å². The third-order valence-electron chi connectivity index (χ3n) is 3.27. The molecule has 0 fully saturated rings. The summed E-state index contributed by atoms with van der Waals surface area (Å²) in [7, 11) is 3.92. The number of furan rings is 1. The van der Waals surface area contributed by atoms with E-state index in [1.165, 1.54) is 0 Å². The van der Waals surface area contributed by atoms with E-state index in [1.807, 2.05) is 55.6 Å². The molecule has 0 aliphatic rings. The Morgan fingerprint density at radius 2 is 2.19 bits per heavy atom. The van der Waals surface area contributed by atoms with Gasteiger partial charge in [-0.25, -0.2) is 4.79 Å². The van der Waals surface area contributed by atoms with E-state index < -0.39 is 0 Å². The number of urea groups is 1. The van der Waals surface area contributed by atoms with Gasteiger partial charge in [0, 0.05) is 11.4 Å². The van der Waals surface area contributed by atoms with E-state index in [-0.39, 0.29) is 18.1 Å². The topological polar surface area (TPSA) is 57.5 Å². The molecule has 2 atom stereocenters. The molecule has 2 aromatic heterocycles. The molecule has 6 heteroatoms. The zero-order valence-electron chi connectivity index (χ0n) is 12.5. The number of nitrogens with zero attached hydrogens (tertiary/aromatic N) is 1. The van der Waals surface area contributed by atoms with Crippen molar-refractivity contribution in [3.05, 3.63) is 46.5 Å². The maximum Gasteiger partial charge on any atom is 0.315 e. The van der Waals surface area contributed by atoms with Crippen molar-refractivity contribution in [3.63, 3.8) is 0 Å². The van der Waals surface area contributed by atoms with Crippen LogP contribution in [0.4, 0.5) is 4.79 Å². The second-order valence-electron chi connectivity index (χ2n) is 5.09. The molecule has 0 saturated heterocycles. The van der Waals surface area contributed by atoms with Gasteiger partial charge in [-0.15, -0.1) is 11.3 Å². The summed E-state index contributed by atoms with van der Waals surface area (Å²) in [4.78, 5) is 15.1. The van der Waals surface area contributed by atoms with E-state index in [1.54, 1.807) is 17.6 Å². The van der Waals surface area contributed by atoms with Crippen LogP contribution in [0.2, 0.25) is 0 Å². The van der Waals surface area contributed by atoms with Gasteiger partial charge in [-0.1, -0.05) is 6.07 Å². The molecule has 5 nitrogen and oxygen atoms in total. The number of carbonyl (C=O) groups is 1. The minimum absolute atomic E-state index is 0.00594. The largest absolute Gasteiger partial charge is 0.468 e. The van der Waals surface area contributed by atoms with Crippen molar-refractivity contribution in [2.45, 2.75) is 19.0 Å². The fraction of sp³-hybridized carbons (Fsp3) is 0.400. The molecule has 0 aliphatic heterocycles. The lowest BCUT2D eigenvalue weighted by atomic mass is 10.2. The van der Waals surface area contributed by atoms with Crippen LogP contribution in [0.15, 0.2) is 40.3 Å². The molecular formula is C15H21N3O2S. The van der Waals surface area contributed by atoms with Gasteiger partial charge in [0.25, 0.3) is 0 Å². The van der Waals surface area contributed by atoms with Crippen molar-refractivity contribution in [2.75, 3.05) is 20.6 Å². The first-order chi connectivity index (χ1) is 10.1. The van der Waals surface area contributed by atoms with Gasteiger partial charge in [-0.05, 0) is 44.6 Å². The van der Waals surface area contributed by atoms with Crippen LogP contribution in [0.1, 0.15) is 29.6 Å². The Morgan fingerprint density at radius 1 is 1.38 bits per heavy atom. The van der Waals surface area contributed by atoms with E-state index in [0.717, 1.165) is 10.6 Å². The second-order valence-corrected chi connectivity index (χ2v) is 6.07. The van der Waals surface area contributed by atoms with Crippen LogP contribution in [-0.2, 0) is 0 Å². The molecule has 0 radical (unpaired) electrons. The lowest BCUT2D eigenvalue weighted by molar-refractivity contribution is 0.223. The molecule has 21 heavy (non-hydrogen) atoms. The van der Waals surface area contributed by atoms with Crippen LogP contribution in [0.3, 0.4) is 0 Å². The number of hydrogen-bond donors (Lipinski definition) is 2. The first kappa shape index (κ1) is 15.6. The predicted molar refractivity (Wildman–Crippen MR) is 84.4 cm³/mol. The second kappa shape index (κ2) is 7.28. The molecule has 0 spiro atoms. The molecule has 0 aromatic carbocycles. The van der Waals surface area contributed by atoms with Crippen LogP contribution < -0.4 is 10.6 Å². The summed E-state index contributed by atoms with van der Waals surface area (Å²) in [5.74, 6) is 0.839. The Hall–Kier alpha value is -1.79. The number of likely N-dealkylation sites (N-methyl/N-ethyl adjacent to an activating group) is 1. The quantitative estimate of drug-likeness (QED) is 0.862. The molecule has 2 heterocycles. The van der Waals surface area contributed by atoms with Gasteiger partial charge < -0.3 is 15.1 Å². The van der Waals surface area contributed by atoms with E-state index in [0.29, 0.717) is 6.54 Å². The normalized spacial score (nSPS) is 13.9. The Morgan fingerprint density at radius 3 is 2.76 bits per heavy atom. The average molecular weight is 307 g/mol. The maximum atomic E-state index is 12.0. The summed E-state index contributed by atoms with van der Waals surface area (Å²) in [5, 5.41) is 7.84. The number of nitrogens with one attached hydrogen (secondary N) is 2. The van der Waals surface area contributed by atoms with Gasteiger partial charge >= 0.3 is 6.03 Å². The van der Waals surface area contributed by atoms with Crippen LogP contribution in [0.5, 0.6) is 0 Å².